The van der Waals surface area contributed by atoms with Gasteiger partial charge in [-0.05, 0) is 50.8 Å². The van der Waals surface area contributed by atoms with Gasteiger partial charge in [0.2, 0.25) is 0 Å². The van der Waals surface area contributed by atoms with Crippen molar-refractivity contribution in [2.45, 2.75) is 51.0 Å². The van der Waals surface area contributed by atoms with Gasteiger partial charge in [-0.1, -0.05) is 13.8 Å². The van der Waals surface area contributed by atoms with Crippen molar-refractivity contribution < 1.29 is 22.3 Å². The molecule has 0 saturated carbocycles. The lowest BCUT2D eigenvalue weighted by Crippen LogP contribution is -2.48. The number of likely N-dealkylation sites (tertiary alicyclic amines) is 1. The van der Waals surface area contributed by atoms with Crippen LogP contribution < -0.4 is 5.32 Å². The highest BCUT2D eigenvalue weighted by molar-refractivity contribution is 7.90. The van der Waals surface area contributed by atoms with Gasteiger partial charge < -0.3 is 15.0 Å². The summed E-state index contributed by atoms with van der Waals surface area (Å²) in [6.07, 6.45) is 5.94. The van der Waals surface area contributed by atoms with E-state index in [0.717, 1.165) is 18.0 Å². The molecule has 1 saturated heterocycles. The number of anilines is 2. The van der Waals surface area contributed by atoms with Crippen molar-refractivity contribution in [1.29, 1.82) is 0 Å². The summed E-state index contributed by atoms with van der Waals surface area (Å²) >= 11 is 0. The smallest absolute Gasteiger partial charge is 0.410 e. The molecule has 1 aromatic carbocycles. The number of nitrogens with one attached hydrogen (secondary N) is 1. The van der Waals surface area contributed by atoms with Gasteiger partial charge in [0.25, 0.3) is 0 Å². The predicted molar refractivity (Wildman–Crippen MR) is 135 cm³/mol. The van der Waals surface area contributed by atoms with Gasteiger partial charge in [-0.15, -0.1) is 0 Å². The van der Waals surface area contributed by atoms with E-state index in [2.05, 4.69) is 29.1 Å². The van der Waals surface area contributed by atoms with Gasteiger partial charge in [-0.2, -0.15) is 0 Å². The van der Waals surface area contributed by atoms with Crippen LogP contribution in [0.15, 0.2) is 41.7 Å². The molecule has 2 aromatic heterocycles. The van der Waals surface area contributed by atoms with Crippen molar-refractivity contribution in [3.05, 3.63) is 48.3 Å². The van der Waals surface area contributed by atoms with Crippen LogP contribution in [0.1, 0.15) is 46.2 Å². The highest BCUT2D eigenvalue weighted by atomic mass is 32.2. The third-order valence-corrected chi connectivity index (χ3v) is 7.42. The molecule has 1 amide bonds. The fourth-order valence-electron chi connectivity index (χ4n) is 4.84. The Morgan fingerprint density at radius 1 is 1.17 bits per heavy atom. The Morgan fingerprint density at radius 2 is 1.83 bits per heavy atom. The number of amides is 1. The molecule has 1 N–H and O–H groups in total. The first-order chi connectivity index (χ1) is 16.7. The first-order valence-electron chi connectivity index (χ1n) is 11.8. The number of sulfone groups is 1. The summed E-state index contributed by atoms with van der Waals surface area (Å²) in [5.74, 6) is 0.0599. The zero-order valence-corrected chi connectivity index (χ0v) is 22.1. The molecule has 9 nitrogen and oxygen atoms in total. The van der Waals surface area contributed by atoms with E-state index < -0.39 is 21.3 Å². The number of benzene rings is 1. The molecule has 3 heterocycles. The van der Waals surface area contributed by atoms with E-state index in [-0.39, 0.29) is 34.4 Å². The van der Waals surface area contributed by atoms with Crippen LogP contribution in [0, 0.1) is 17.7 Å². The van der Waals surface area contributed by atoms with Crippen LogP contribution in [0.4, 0.5) is 20.7 Å². The number of carbonyl (C=O) groups is 1. The van der Waals surface area contributed by atoms with Gasteiger partial charge in [0.05, 0.1) is 10.6 Å². The Morgan fingerprint density at radius 3 is 2.42 bits per heavy atom. The zero-order valence-electron chi connectivity index (χ0n) is 21.3. The summed E-state index contributed by atoms with van der Waals surface area (Å²) in [6.45, 7) is 10.9. The van der Waals surface area contributed by atoms with Crippen LogP contribution in [-0.2, 0) is 14.6 Å². The van der Waals surface area contributed by atoms with E-state index in [4.69, 9.17) is 4.74 Å². The van der Waals surface area contributed by atoms with E-state index in [0.29, 0.717) is 24.6 Å². The Labute approximate surface area is 210 Å². The molecular weight excluding hydrogens is 485 g/mol. The van der Waals surface area contributed by atoms with E-state index >= 15 is 0 Å². The summed E-state index contributed by atoms with van der Waals surface area (Å²) in [6, 6.07) is 3.70. The second-order valence-corrected chi connectivity index (χ2v) is 12.6. The standard InChI is InChI=1S/C25H32FN5O4S/c1-15-13-30(24(32)35-25(3,4)5)14-16(2)21(15)20-12-28-23-22(27-9-10-31(20)23)29-19-8-7-17(11-18(19)26)36(6,33)34/h7-12,15-16,21H,13-14H2,1-6H3,(H,27,29). The van der Waals surface area contributed by atoms with Crippen molar-refractivity contribution in [2.75, 3.05) is 24.7 Å². The third kappa shape index (κ3) is 5.30. The Balaban J connectivity index is 1.59. The number of fused-ring (bicyclic) bond motifs is 1. The first-order valence-corrected chi connectivity index (χ1v) is 13.7. The number of hydrogen-bond donors (Lipinski definition) is 1. The molecule has 2 unspecified atom stereocenters. The molecule has 0 bridgehead atoms. The normalized spacial score (nSPS) is 21.0. The molecule has 1 aliphatic rings. The number of carbonyl (C=O) groups excluding carboxylic acids is 1. The lowest BCUT2D eigenvalue weighted by molar-refractivity contribution is 0.00833. The van der Waals surface area contributed by atoms with E-state index in [1.54, 1.807) is 17.3 Å². The summed E-state index contributed by atoms with van der Waals surface area (Å²) in [5, 5.41) is 2.94. The molecule has 0 aliphatic carbocycles. The molecule has 1 fully saturated rings. The van der Waals surface area contributed by atoms with Crippen LogP contribution in [0.3, 0.4) is 0 Å². The van der Waals surface area contributed by atoms with E-state index in [1.807, 2.05) is 31.4 Å². The molecule has 2 atom stereocenters. The van der Waals surface area contributed by atoms with Crippen molar-refractivity contribution in [3.8, 4) is 0 Å². The maximum absolute atomic E-state index is 14.6. The second-order valence-electron chi connectivity index (χ2n) is 10.6. The highest BCUT2D eigenvalue weighted by Gasteiger charge is 2.38. The number of ether oxygens (including phenoxy) is 1. The van der Waals surface area contributed by atoms with Gasteiger partial charge >= 0.3 is 6.09 Å². The number of halogens is 1. The zero-order chi connectivity index (χ0) is 26.4. The Kier molecular flexibility index (Phi) is 6.72. The SMILES string of the molecule is CC1CN(C(=O)OC(C)(C)C)CC(C)C1c1cnc2c(Nc3ccc(S(C)(=O)=O)cc3F)nccn12. The molecular formula is C25H32FN5O4S. The minimum absolute atomic E-state index is 0.0967. The summed E-state index contributed by atoms with van der Waals surface area (Å²) in [4.78, 5) is 23.2. The lowest BCUT2D eigenvalue weighted by atomic mass is 9.77. The second kappa shape index (κ2) is 9.34. The highest BCUT2D eigenvalue weighted by Crippen LogP contribution is 2.38. The van der Waals surface area contributed by atoms with Crippen molar-refractivity contribution in [3.63, 3.8) is 0 Å². The summed E-state index contributed by atoms with van der Waals surface area (Å²) in [7, 11) is -3.52. The fourth-order valence-corrected chi connectivity index (χ4v) is 5.48. The van der Waals surface area contributed by atoms with Gasteiger partial charge in [0.15, 0.2) is 21.3 Å². The lowest BCUT2D eigenvalue weighted by Gasteiger charge is -2.41. The average molecular weight is 518 g/mol. The maximum atomic E-state index is 14.6. The van der Waals surface area contributed by atoms with E-state index in [1.165, 1.54) is 12.1 Å². The van der Waals surface area contributed by atoms with Crippen LogP contribution in [0.2, 0.25) is 0 Å². The van der Waals surface area contributed by atoms with Gasteiger partial charge in [0.1, 0.15) is 11.4 Å². The number of nitrogens with zero attached hydrogens (tertiary/aromatic N) is 4. The van der Waals surface area contributed by atoms with Crippen LogP contribution >= 0.6 is 0 Å². The Hall–Kier alpha value is -3.21. The molecule has 36 heavy (non-hydrogen) atoms. The Bertz CT molecular complexity index is 1390. The van der Waals surface area contributed by atoms with Crippen LogP contribution in [0.5, 0.6) is 0 Å². The monoisotopic (exact) mass is 517 g/mol. The molecule has 4 rings (SSSR count). The quantitative estimate of drug-likeness (QED) is 0.538. The summed E-state index contributed by atoms with van der Waals surface area (Å²) in [5.41, 5.74) is 1.04. The molecule has 3 aromatic rings. The number of imidazole rings is 1. The average Bonchev–Trinajstić information content (AvgIpc) is 3.17. The fraction of sp³-hybridized carbons (Fsp3) is 0.480. The number of hydrogen-bond acceptors (Lipinski definition) is 7. The predicted octanol–water partition coefficient (Wildman–Crippen LogP) is 4.62. The van der Waals surface area contributed by atoms with Crippen molar-refractivity contribution in [1.82, 2.24) is 19.3 Å². The number of piperidine rings is 1. The number of aromatic nitrogens is 3. The molecule has 194 valence electrons. The van der Waals surface area contributed by atoms with Gasteiger partial charge in [-0.3, -0.25) is 4.40 Å². The topological polar surface area (TPSA) is 106 Å². The summed E-state index contributed by atoms with van der Waals surface area (Å²) < 4.78 is 45.6. The van der Waals surface area contributed by atoms with Crippen molar-refractivity contribution >= 4 is 33.1 Å². The molecule has 0 spiro atoms. The van der Waals surface area contributed by atoms with Crippen LogP contribution in [0.25, 0.3) is 5.65 Å². The molecule has 0 radical (unpaired) electrons. The minimum Gasteiger partial charge on any atom is -0.444 e. The maximum Gasteiger partial charge on any atom is 0.410 e. The largest absolute Gasteiger partial charge is 0.444 e. The minimum atomic E-state index is -3.52. The third-order valence-electron chi connectivity index (χ3n) is 6.31. The molecule has 1 aliphatic heterocycles. The molecule has 11 heteroatoms. The van der Waals surface area contributed by atoms with Gasteiger partial charge in [0, 0.05) is 49.5 Å². The van der Waals surface area contributed by atoms with Crippen molar-refractivity contribution in [2.24, 2.45) is 11.8 Å². The van der Waals surface area contributed by atoms with Gasteiger partial charge in [-0.25, -0.2) is 27.6 Å². The van der Waals surface area contributed by atoms with Crippen LogP contribution in [-0.4, -0.2) is 58.7 Å². The first kappa shape index (κ1) is 25.9. The van der Waals surface area contributed by atoms with E-state index in [9.17, 15) is 17.6 Å². The number of rotatable bonds is 4.